The van der Waals surface area contributed by atoms with Crippen molar-refractivity contribution in [2.75, 3.05) is 19.0 Å². The Kier molecular flexibility index (Phi) is 9.26. The van der Waals surface area contributed by atoms with E-state index in [1.54, 1.807) is 30.0 Å². The lowest BCUT2D eigenvalue weighted by Gasteiger charge is -2.27. The van der Waals surface area contributed by atoms with E-state index in [1.165, 1.54) is 17.9 Å². The van der Waals surface area contributed by atoms with Crippen molar-refractivity contribution in [3.8, 4) is 5.75 Å². The first-order valence-corrected chi connectivity index (χ1v) is 14.8. The van der Waals surface area contributed by atoms with E-state index in [2.05, 4.69) is 5.32 Å². The molecule has 0 saturated heterocycles. The molecule has 4 unspecified atom stereocenters. The molecular formula is C25H27Cl2FN2O5S2. The Labute approximate surface area is 231 Å². The number of nitrogens with one attached hydrogen (secondary N) is 1. The lowest BCUT2D eigenvalue weighted by molar-refractivity contribution is -0.143. The Morgan fingerprint density at radius 1 is 1.35 bits per heavy atom. The quantitative estimate of drug-likeness (QED) is 0.359. The monoisotopic (exact) mass is 588 g/mol. The number of hydrogen-bond acceptors (Lipinski definition) is 6. The van der Waals surface area contributed by atoms with Crippen molar-refractivity contribution in [3.63, 3.8) is 0 Å². The minimum absolute atomic E-state index is 0.00452. The van der Waals surface area contributed by atoms with E-state index < -0.39 is 28.7 Å². The topological polar surface area (TPSA) is 95.9 Å². The number of benzene rings is 1. The molecule has 12 heteroatoms. The van der Waals surface area contributed by atoms with Gasteiger partial charge in [-0.3, -0.25) is 13.8 Å². The predicted octanol–water partition coefficient (Wildman–Crippen LogP) is 4.88. The molecule has 1 aliphatic heterocycles. The molecule has 4 rings (SSSR count). The molecule has 0 radical (unpaired) electrons. The summed E-state index contributed by atoms with van der Waals surface area (Å²) >= 11 is 14.4. The van der Waals surface area contributed by atoms with Crippen LogP contribution in [-0.2, 0) is 20.4 Å². The van der Waals surface area contributed by atoms with E-state index in [0.717, 1.165) is 18.2 Å². The Hall–Kier alpha value is -2.01. The highest BCUT2D eigenvalue weighted by atomic mass is 35.5. The van der Waals surface area contributed by atoms with E-state index >= 15 is 0 Å². The van der Waals surface area contributed by atoms with Gasteiger partial charge in [0, 0.05) is 47.3 Å². The van der Waals surface area contributed by atoms with Crippen molar-refractivity contribution in [1.82, 2.24) is 10.2 Å². The maximum atomic E-state index is 14.9. The van der Waals surface area contributed by atoms with Gasteiger partial charge in [-0.2, -0.15) is 0 Å². The van der Waals surface area contributed by atoms with E-state index in [4.69, 9.17) is 33.0 Å². The van der Waals surface area contributed by atoms with Crippen molar-refractivity contribution in [2.24, 2.45) is 11.8 Å². The fourth-order valence-corrected chi connectivity index (χ4v) is 7.03. The van der Waals surface area contributed by atoms with Gasteiger partial charge in [-0.15, -0.1) is 11.8 Å². The molecule has 1 heterocycles. The van der Waals surface area contributed by atoms with Gasteiger partial charge in [-0.25, -0.2) is 4.39 Å². The zero-order valence-electron chi connectivity index (χ0n) is 20.0. The van der Waals surface area contributed by atoms with Gasteiger partial charge in [0.25, 0.3) is 0 Å². The highest BCUT2D eigenvalue weighted by molar-refractivity contribution is 8.03. The number of ether oxygens (including phenoxy) is 1. The van der Waals surface area contributed by atoms with Crippen LogP contribution in [0, 0.1) is 17.7 Å². The second-order valence-corrected chi connectivity index (χ2v) is 12.5. The summed E-state index contributed by atoms with van der Waals surface area (Å²) in [6, 6.07) is 2.48. The number of rotatable bonds is 12. The molecule has 3 aliphatic rings. The first-order valence-electron chi connectivity index (χ1n) is 11.8. The number of hydrogen-bond donors (Lipinski definition) is 2. The minimum atomic E-state index is -1.63. The number of allylic oxidation sites excluding steroid dienone is 3. The molecule has 200 valence electrons. The number of nitrogens with zero attached hydrogens (tertiary/aromatic N) is 1. The number of carboxylic acid groups (broad SMARTS) is 1. The summed E-state index contributed by atoms with van der Waals surface area (Å²) in [5.74, 6) is -1.58. The number of halogens is 3. The second kappa shape index (κ2) is 12.2. The average Bonchev–Trinajstić information content (AvgIpc) is 3.51. The van der Waals surface area contributed by atoms with Crippen molar-refractivity contribution in [3.05, 3.63) is 57.3 Å². The van der Waals surface area contributed by atoms with Crippen molar-refractivity contribution in [2.45, 2.75) is 42.4 Å². The fourth-order valence-electron chi connectivity index (χ4n) is 4.31. The standard InChI is InChI=1S/C25H27Cl2FN2O5S2/c1-14(31)30(11-25(32)33)6-2-3-15-7-16(26)4-5-21(15)35-22-10-19(28)24(9-18(22)27)37(34)13-29-20-12-36-23-8-17(20)23/h4-5,7,9-10,12,15,17,21,23,29H,2-3,6,8,11,13H2,1H3,(H,32,33)/t15?,17?,21?,23?,37-/m1/s1. The van der Waals surface area contributed by atoms with E-state index in [-0.39, 0.29) is 46.5 Å². The van der Waals surface area contributed by atoms with Crippen LogP contribution in [0.3, 0.4) is 0 Å². The number of fused-ring (bicyclic) bond motifs is 1. The summed E-state index contributed by atoms with van der Waals surface area (Å²) < 4.78 is 33.7. The molecule has 1 aromatic carbocycles. The smallest absolute Gasteiger partial charge is 0.323 e. The molecule has 1 fully saturated rings. The Bertz CT molecular complexity index is 1190. The summed E-state index contributed by atoms with van der Waals surface area (Å²) in [6.45, 7) is 1.22. The lowest BCUT2D eigenvalue weighted by atomic mass is 9.92. The van der Waals surface area contributed by atoms with Gasteiger partial charge >= 0.3 is 5.97 Å². The maximum absolute atomic E-state index is 14.9. The van der Waals surface area contributed by atoms with E-state index in [9.17, 15) is 18.2 Å². The van der Waals surface area contributed by atoms with Gasteiger partial charge in [-0.1, -0.05) is 29.3 Å². The summed E-state index contributed by atoms with van der Waals surface area (Å²) in [4.78, 5) is 24.0. The number of carbonyl (C=O) groups is 2. The third kappa shape index (κ3) is 7.31. The molecule has 2 N–H and O–H groups in total. The van der Waals surface area contributed by atoms with Crippen LogP contribution < -0.4 is 10.1 Å². The van der Waals surface area contributed by atoms with Crippen molar-refractivity contribution >= 4 is 57.6 Å². The summed E-state index contributed by atoms with van der Waals surface area (Å²) in [7, 11) is -1.63. The van der Waals surface area contributed by atoms with Gasteiger partial charge in [-0.05, 0) is 42.9 Å². The van der Waals surface area contributed by atoms with Crippen LogP contribution in [0.15, 0.2) is 51.4 Å². The summed E-state index contributed by atoms with van der Waals surface area (Å²) in [6.07, 6.45) is 6.89. The first-order chi connectivity index (χ1) is 17.6. The Morgan fingerprint density at radius 3 is 2.78 bits per heavy atom. The number of carboxylic acids is 1. The van der Waals surface area contributed by atoms with Gasteiger partial charge in [0.2, 0.25) is 5.91 Å². The molecule has 0 spiro atoms. The molecule has 5 atom stereocenters. The largest absolute Gasteiger partial charge is 0.484 e. The zero-order valence-corrected chi connectivity index (χ0v) is 23.1. The fraction of sp³-hybridized carbons (Fsp3) is 0.440. The van der Waals surface area contributed by atoms with Crippen LogP contribution in [0.1, 0.15) is 26.2 Å². The molecule has 0 bridgehead atoms. The third-order valence-electron chi connectivity index (χ3n) is 6.38. The van der Waals surface area contributed by atoms with Crippen LogP contribution in [0.4, 0.5) is 4.39 Å². The van der Waals surface area contributed by atoms with Crippen LogP contribution in [0.25, 0.3) is 0 Å². The van der Waals surface area contributed by atoms with Crippen LogP contribution in [0.5, 0.6) is 5.75 Å². The average molecular weight is 590 g/mol. The molecular weight excluding hydrogens is 562 g/mol. The predicted molar refractivity (Wildman–Crippen MR) is 143 cm³/mol. The Balaban J connectivity index is 1.37. The molecule has 1 saturated carbocycles. The lowest BCUT2D eigenvalue weighted by Crippen LogP contribution is -2.35. The molecule has 37 heavy (non-hydrogen) atoms. The molecule has 2 aliphatic carbocycles. The molecule has 0 aromatic heterocycles. The molecule has 1 aromatic rings. The minimum Gasteiger partial charge on any atom is -0.484 e. The maximum Gasteiger partial charge on any atom is 0.323 e. The highest BCUT2D eigenvalue weighted by Gasteiger charge is 2.44. The van der Waals surface area contributed by atoms with Crippen LogP contribution >= 0.6 is 35.0 Å². The normalized spacial score (nSPS) is 24.5. The van der Waals surface area contributed by atoms with E-state index in [0.29, 0.717) is 29.0 Å². The number of aliphatic carboxylic acids is 1. The number of carbonyl (C=O) groups excluding carboxylic acids is 1. The number of thioether (sulfide) groups is 1. The zero-order chi connectivity index (χ0) is 26.7. The molecule has 1 amide bonds. The third-order valence-corrected chi connectivity index (χ3v) is 9.40. The van der Waals surface area contributed by atoms with Gasteiger partial charge < -0.3 is 20.1 Å². The SMILES string of the molecule is CC(=O)N(CCCC1C=C(Cl)C=CC1Oc1cc(F)c([S@](=O)CNC2=CSC3CC23)cc1Cl)CC(=O)O. The highest BCUT2D eigenvalue weighted by Crippen LogP contribution is 2.52. The summed E-state index contributed by atoms with van der Waals surface area (Å²) in [5.41, 5.74) is 1.06. The van der Waals surface area contributed by atoms with E-state index in [1.807, 2.05) is 5.41 Å². The van der Waals surface area contributed by atoms with Gasteiger partial charge in [0.05, 0.1) is 26.6 Å². The van der Waals surface area contributed by atoms with Gasteiger partial charge in [0.1, 0.15) is 24.2 Å². The second-order valence-electron chi connectivity index (χ2n) is 9.10. The number of amides is 1. The van der Waals surface area contributed by atoms with Crippen molar-refractivity contribution < 1.29 is 28.0 Å². The first kappa shape index (κ1) is 28.0. The van der Waals surface area contributed by atoms with Crippen molar-refractivity contribution in [1.29, 1.82) is 0 Å². The Morgan fingerprint density at radius 2 is 2.14 bits per heavy atom. The van der Waals surface area contributed by atoms with Gasteiger partial charge in [0.15, 0.2) is 0 Å². The molecule has 7 nitrogen and oxygen atoms in total. The van der Waals surface area contributed by atoms with Crippen LogP contribution in [-0.4, -0.2) is 56.4 Å². The summed E-state index contributed by atoms with van der Waals surface area (Å²) in [5, 5.41) is 15.5. The van der Waals surface area contributed by atoms with Crippen LogP contribution in [0.2, 0.25) is 5.02 Å².